The number of rotatable bonds is 2. The second-order valence-electron chi connectivity index (χ2n) is 3.38. The molecule has 0 spiro atoms. The number of oxime groups is 1. The summed E-state index contributed by atoms with van der Waals surface area (Å²) in [7, 11) is 0. The van der Waals surface area contributed by atoms with Crippen LogP contribution in [-0.4, -0.2) is 34.6 Å². The summed E-state index contributed by atoms with van der Waals surface area (Å²) in [5.74, 6) is -0.361. The van der Waals surface area contributed by atoms with Crippen molar-refractivity contribution in [2.45, 2.75) is 12.1 Å². The zero-order chi connectivity index (χ0) is 11.7. The summed E-state index contributed by atoms with van der Waals surface area (Å²) >= 11 is 1.35. The molecule has 5 N–H and O–H groups in total. The third-order valence-electron chi connectivity index (χ3n) is 2.47. The Kier molecular flexibility index (Phi) is 2.90. The molecule has 1 amide bonds. The lowest BCUT2D eigenvalue weighted by Crippen LogP contribution is -2.38. The maximum absolute atomic E-state index is 11.2. The molecule has 1 heterocycles. The third kappa shape index (κ3) is 1.58. The van der Waals surface area contributed by atoms with Gasteiger partial charge in [-0.25, -0.2) is 0 Å². The lowest BCUT2D eigenvalue weighted by atomic mass is 10.1. The van der Waals surface area contributed by atoms with Crippen LogP contribution >= 0.6 is 11.3 Å². The Morgan fingerprint density at radius 1 is 1.69 bits per heavy atom. The molecule has 6 nitrogen and oxygen atoms in total. The van der Waals surface area contributed by atoms with Crippen LogP contribution in [-0.2, 0) is 4.79 Å². The van der Waals surface area contributed by atoms with Crippen molar-refractivity contribution in [3.63, 3.8) is 0 Å². The molecular weight excluding hydrogens is 230 g/mol. The van der Waals surface area contributed by atoms with Crippen LogP contribution in [0.3, 0.4) is 0 Å². The minimum atomic E-state index is -1.03. The van der Waals surface area contributed by atoms with Crippen LogP contribution in [0.2, 0.25) is 0 Å². The topological polar surface area (TPSA) is 108 Å². The molecule has 2 rings (SSSR count). The second kappa shape index (κ2) is 4.20. The molecular formula is C9H11N3O3S. The number of hydrogen-bond donors (Lipinski definition) is 4. The molecule has 0 fully saturated rings. The highest BCUT2D eigenvalue weighted by Gasteiger charge is 2.39. The van der Waals surface area contributed by atoms with Gasteiger partial charge in [-0.3, -0.25) is 4.79 Å². The molecule has 1 aliphatic rings. The fourth-order valence-corrected chi connectivity index (χ4v) is 2.69. The molecule has 0 unspecified atom stereocenters. The van der Waals surface area contributed by atoms with Gasteiger partial charge in [-0.1, -0.05) is 5.16 Å². The molecule has 0 radical (unpaired) electrons. The first-order chi connectivity index (χ1) is 7.69. The maximum atomic E-state index is 11.2. The predicted molar refractivity (Wildman–Crippen MR) is 58.6 cm³/mol. The summed E-state index contributed by atoms with van der Waals surface area (Å²) in [5, 5.41) is 26.1. The van der Waals surface area contributed by atoms with Crippen LogP contribution in [0, 0.1) is 0 Å². The van der Waals surface area contributed by atoms with Crippen LogP contribution in [0.1, 0.15) is 16.5 Å². The van der Waals surface area contributed by atoms with E-state index in [4.69, 9.17) is 10.9 Å². The van der Waals surface area contributed by atoms with E-state index in [1.165, 1.54) is 11.3 Å². The fourth-order valence-electron chi connectivity index (χ4n) is 1.73. The first-order valence-electron chi connectivity index (χ1n) is 4.66. The summed E-state index contributed by atoms with van der Waals surface area (Å²) < 4.78 is 0. The number of nitrogens with two attached hydrogens (primary N) is 1. The monoisotopic (exact) mass is 241 g/mol. The van der Waals surface area contributed by atoms with Gasteiger partial charge in [0.1, 0.15) is 11.8 Å². The smallest absolute Gasteiger partial charge is 0.234 e. The van der Waals surface area contributed by atoms with Gasteiger partial charge in [-0.05, 0) is 17.0 Å². The molecule has 1 aromatic rings. The average molecular weight is 241 g/mol. The Morgan fingerprint density at radius 3 is 3.06 bits per heavy atom. The Labute approximate surface area is 95.4 Å². The van der Waals surface area contributed by atoms with E-state index in [9.17, 15) is 9.90 Å². The number of carbonyl (C=O) groups is 1. The van der Waals surface area contributed by atoms with Crippen molar-refractivity contribution < 1.29 is 15.1 Å². The first kappa shape index (κ1) is 11.1. The van der Waals surface area contributed by atoms with Gasteiger partial charge >= 0.3 is 0 Å². The molecule has 1 aromatic heterocycles. The summed E-state index contributed by atoms with van der Waals surface area (Å²) in [6.45, 7) is -0.145. The SMILES string of the molecule is NCC(=O)N[C@@H]1c2ccsc2/C(=N\O)[C@H]1O. The number of aliphatic hydroxyl groups excluding tert-OH is 1. The molecule has 7 heteroatoms. The molecule has 0 saturated heterocycles. The van der Waals surface area contributed by atoms with Gasteiger partial charge in [0, 0.05) is 0 Å². The molecule has 86 valence electrons. The van der Waals surface area contributed by atoms with Crippen LogP contribution in [0.5, 0.6) is 0 Å². The number of thiophene rings is 1. The number of nitrogens with one attached hydrogen (secondary N) is 1. The lowest BCUT2D eigenvalue weighted by Gasteiger charge is -2.16. The first-order valence-corrected chi connectivity index (χ1v) is 5.54. The van der Waals surface area contributed by atoms with Gasteiger partial charge in [-0.2, -0.15) is 0 Å². The zero-order valence-corrected chi connectivity index (χ0v) is 9.07. The predicted octanol–water partition coefficient (Wildman–Crippen LogP) is -0.583. The van der Waals surface area contributed by atoms with Crippen LogP contribution < -0.4 is 11.1 Å². The normalized spacial score (nSPS) is 25.8. The van der Waals surface area contributed by atoms with E-state index < -0.39 is 12.1 Å². The molecule has 0 bridgehead atoms. The van der Waals surface area contributed by atoms with Crippen molar-refractivity contribution in [3.8, 4) is 0 Å². The number of nitrogens with zero attached hydrogens (tertiary/aromatic N) is 1. The van der Waals surface area contributed by atoms with E-state index in [2.05, 4.69) is 10.5 Å². The van der Waals surface area contributed by atoms with E-state index >= 15 is 0 Å². The Balaban J connectivity index is 2.32. The van der Waals surface area contributed by atoms with E-state index in [-0.39, 0.29) is 18.2 Å². The molecule has 16 heavy (non-hydrogen) atoms. The Bertz CT molecular complexity index is 443. The highest BCUT2D eigenvalue weighted by Crippen LogP contribution is 2.35. The van der Waals surface area contributed by atoms with Crippen molar-refractivity contribution in [2.24, 2.45) is 10.9 Å². The number of amides is 1. The van der Waals surface area contributed by atoms with E-state index in [0.29, 0.717) is 4.88 Å². The highest BCUT2D eigenvalue weighted by atomic mass is 32.1. The van der Waals surface area contributed by atoms with Gasteiger partial charge < -0.3 is 21.4 Å². The van der Waals surface area contributed by atoms with Crippen LogP contribution in [0.4, 0.5) is 0 Å². The number of fused-ring (bicyclic) bond motifs is 1. The largest absolute Gasteiger partial charge is 0.411 e. The summed E-state index contributed by atoms with van der Waals surface area (Å²) in [4.78, 5) is 11.9. The van der Waals surface area contributed by atoms with E-state index in [1.54, 1.807) is 6.07 Å². The van der Waals surface area contributed by atoms with E-state index in [0.717, 1.165) is 5.56 Å². The Hall–Kier alpha value is -1.44. The van der Waals surface area contributed by atoms with E-state index in [1.807, 2.05) is 5.38 Å². The lowest BCUT2D eigenvalue weighted by molar-refractivity contribution is -0.121. The number of carbonyl (C=O) groups excluding carboxylic acids is 1. The Morgan fingerprint density at radius 2 is 2.44 bits per heavy atom. The van der Waals surface area contributed by atoms with Crippen LogP contribution in [0.25, 0.3) is 0 Å². The van der Waals surface area contributed by atoms with Crippen LogP contribution in [0.15, 0.2) is 16.6 Å². The minimum Gasteiger partial charge on any atom is -0.411 e. The number of aliphatic hydroxyl groups is 1. The standard InChI is InChI=1S/C9H11N3O3S/c10-3-5(13)11-6-4-1-2-16-9(4)7(12-15)8(6)14/h1-2,6,8,14-15H,3,10H2,(H,11,13)/b12-7-/t6-,8+/m1/s1. The molecule has 0 aromatic carbocycles. The summed E-state index contributed by atoms with van der Waals surface area (Å²) in [6, 6.07) is 1.20. The van der Waals surface area contributed by atoms with Crippen molar-refractivity contribution in [1.82, 2.24) is 5.32 Å². The average Bonchev–Trinajstić information content (AvgIpc) is 2.82. The van der Waals surface area contributed by atoms with Gasteiger partial charge in [0.05, 0.1) is 17.5 Å². The molecule has 0 aliphatic heterocycles. The van der Waals surface area contributed by atoms with Crippen molar-refractivity contribution in [3.05, 3.63) is 21.9 Å². The quantitative estimate of drug-likeness (QED) is 0.410. The summed E-state index contributed by atoms with van der Waals surface area (Å²) in [6.07, 6.45) is -1.03. The zero-order valence-electron chi connectivity index (χ0n) is 8.25. The minimum absolute atomic E-state index is 0.145. The molecule has 0 saturated carbocycles. The third-order valence-corrected chi connectivity index (χ3v) is 3.42. The van der Waals surface area contributed by atoms with Crippen molar-refractivity contribution in [1.29, 1.82) is 0 Å². The molecule has 1 aliphatic carbocycles. The summed E-state index contributed by atoms with van der Waals surface area (Å²) in [5.41, 5.74) is 6.13. The van der Waals surface area contributed by atoms with Crippen molar-refractivity contribution >= 4 is 23.0 Å². The second-order valence-corrected chi connectivity index (χ2v) is 4.30. The van der Waals surface area contributed by atoms with Crippen molar-refractivity contribution in [2.75, 3.05) is 6.54 Å². The highest BCUT2D eigenvalue weighted by molar-refractivity contribution is 7.12. The van der Waals surface area contributed by atoms with Gasteiger partial charge in [-0.15, -0.1) is 11.3 Å². The van der Waals surface area contributed by atoms with Gasteiger partial charge in [0.2, 0.25) is 5.91 Å². The maximum Gasteiger partial charge on any atom is 0.234 e. The fraction of sp³-hybridized carbons (Fsp3) is 0.333. The van der Waals surface area contributed by atoms with Gasteiger partial charge in [0.25, 0.3) is 0 Å². The molecule has 2 atom stereocenters. The van der Waals surface area contributed by atoms with Gasteiger partial charge in [0.15, 0.2) is 0 Å². The number of hydrogen-bond acceptors (Lipinski definition) is 6.